The number of hydrogen-bond donors (Lipinski definition) is 1. The predicted molar refractivity (Wildman–Crippen MR) is 70.9 cm³/mol. The van der Waals surface area contributed by atoms with E-state index in [1.807, 2.05) is 0 Å². The lowest BCUT2D eigenvalue weighted by atomic mass is 10.2. The lowest BCUT2D eigenvalue weighted by Gasteiger charge is -2.06. The number of rotatable bonds is 2. The second-order valence-corrected chi connectivity index (χ2v) is 5.23. The number of carboxylic acids is 1. The van der Waals surface area contributed by atoms with Crippen LogP contribution in [-0.4, -0.2) is 20.9 Å². The minimum atomic E-state index is -0.965. The van der Waals surface area contributed by atoms with Crippen molar-refractivity contribution in [1.82, 2.24) is 9.78 Å². The van der Waals surface area contributed by atoms with Gasteiger partial charge < -0.3 is 5.11 Å². The van der Waals surface area contributed by atoms with Crippen LogP contribution in [0.3, 0.4) is 0 Å². The molecule has 82 valence electrons. The topological polar surface area (TPSA) is 55.1 Å². The van der Waals surface area contributed by atoms with Gasteiger partial charge in [-0.25, -0.2) is 9.48 Å². The van der Waals surface area contributed by atoms with Crippen molar-refractivity contribution in [2.24, 2.45) is 0 Å². The zero-order chi connectivity index (χ0) is 11.7. The van der Waals surface area contributed by atoms with Gasteiger partial charge in [0.05, 0.1) is 21.0 Å². The molecule has 0 unspecified atom stereocenters. The van der Waals surface area contributed by atoms with Crippen LogP contribution in [0.2, 0.25) is 0 Å². The van der Waals surface area contributed by atoms with Gasteiger partial charge in [-0.3, -0.25) is 0 Å². The molecule has 4 nitrogen and oxygen atoms in total. The molecular weight excluding hydrogens is 387 g/mol. The molecule has 0 radical (unpaired) electrons. The monoisotopic (exact) mass is 392 g/mol. The van der Waals surface area contributed by atoms with Gasteiger partial charge in [0.15, 0.2) is 0 Å². The van der Waals surface area contributed by atoms with E-state index in [0.29, 0.717) is 5.69 Å². The van der Waals surface area contributed by atoms with Gasteiger partial charge in [-0.05, 0) is 40.8 Å². The molecule has 0 saturated carbocycles. The molecule has 0 aliphatic heterocycles. The van der Waals surface area contributed by atoms with Crippen molar-refractivity contribution in [3.8, 4) is 5.69 Å². The molecule has 16 heavy (non-hydrogen) atoms. The van der Waals surface area contributed by atoms with Crippen molar-refractivity contribution in [2.45, 2.75) is 0 Å². The van der Waals surface area contributed by atoms with Crippen LogP contribution in [0, 0.1) is 3.57 Å². The number of nitrogens with zero attached hydrogens (tertiary/aromatic N) is 2. The molecule has 0 amide bonds. The lowest BCUT2D eigenvalue weighted by molar-refractivity contribution is 0.0696. The third-order valence-electron chi connectivity index (χ3n) is 1.99. The van der Waals surface area contributed by atoms with Crippen LogP contribution in [0.1, 0.15) is 10.4 Å². The summed E-state index contributed by atoms with van der Waals surface area (Å²) < 4.78 is 3.32. The smallest absolute Gasteiger partial charge is 0.337 e. The first kappa shape index (κ1) is 11.6. The highest BCUT2D eigenvalue weighted by Crippen LogP contribution is 2.20. The molecule has 1 heterocycles. The first-order valence-electron chi connectivity index (χ1n) is 4.31. The molecule has 2 rings (SSSR count). The molecule has 2 aromatic rings. The van der Waals surface area contributed by atoms with Crippen LogP contribution in [0.15, 0.2) is 35.1 Å². The summed E-state index contributed by atoms with van der Waals surface area (Å²) in [5.74, 6) is -0.965. The fourth-order valence-corrected chi connectivity index (χ4v) is 2.05. The van der Waals surface area contributed by atoms with Crippen LogP contribution in [0.25, 0.3) is 5.69 Å². The van der Waals surface area contributed by atoms with Crippen molar-refractivity contribution >= 4 is 44.5 Å². The molecule has 1 N–H and O–H groups in total. The van der Waals surface area contributed by atoms with E-state index < -0.39 is 5.97 Å². The summed E-state index contributed by atoms with van der Waals surface area (Å²) in [6.07, 6.45) is 3.45. The van der Waals surface area contributed by atoms with Crippen molar-refractivity contribution in [2.75, 3.05) is 0 Å². The lowest BCUT2D eigenvalue weighted by Crippen LogP contribution is -2.05. The molecule has 0 spiro atoms. The molecule has 1 aromatic heterocycles. The third kappa shape index (κ3) is 2.27. The van der Waals surface area contributed by atoms with Gasteiger partial charge in [-0.1, -0.05) is 15.9 Å². The average Bonchev–Trinajstić information content (AvgIpc) is 2.64. The standard InChI is InChI=1S/C10H6BrIN2O2/c11-6-1-2-8(10(15)16)9(3-6)14-5-7(12)4-13-14/h1-5H,(H,15,16). The summed E-state index contributed by atoms with van der Waals surface area (Å²) >= 11 is 5.44. The summed E-state index contributed by atoms with van der Waals surface area (Å²) in [5, 5.41) is 13.2. The van der Waals surface area contributed by atoms with E-state index >= 15 is 0 Å². The molecule has 0 aliphatic carbocycles. The number of carbonyl (C=O) groups is 1. The van der Waals surface area contributed by atoms with Gasteiger partial charge in [0, 0.05) is 10.7 Å². The third-order valence-corrected chi connectivity index (χ3v) is 3.04. The molecule has 0 aliphatic rings. The van der Waals surface area contributed by atoms with Gasteiger partial charge in [-0.15, -0.1) is 0 Å². The molecule has 0 fully saturated rings. The minimum absolute atomic E-state index is 0.225. The van der Waals surface area contributed by atoms with E-state index in [2.05, 4.69) is 43.6 Å². The minimum Gasteiger partial charge on any atom is -0.478 e. The van der Waals surface area contributed by atoms with E-state index in [1.54, 1.807) is 35.3 Å². The van der Waals surface area contributed by atoms with Gasteiger partial charge >= 0.3 is 5.97 Å². The molecule has 1 aromatic carbocycles. The fourth-order valence-electron chi connectivity index (χ4n) is 1.31. The summed E-state index contributed by atoms with van der Waals surface area (Å²) in [4.78, 5) is 11.1. The van der Waals surface area contributed by atoms with E-state index in [-0.39, 0.29) is 5.56 Å². The van der Waals surface area contributed by atoms with Crippen molar-refractivity contribution in [3.63, 3.8) is 0 Å². The quantitative estimate of drug-likeness (QED) is 0.799. The van der Waals surface area contributed by atoms with Crippen molar-refractivity contribution in [1.29, 1.82) is 0 Å². The van der Waals surface area contributed by atoms with E-state index in [9.17, 15) is 4.79 Å². The molecule has 0 atom stereocenters. The Morgan fingerprint density at radius 2 is 2.25 bits per heavy atom. The Hall–Kier alpha value is -0.890. The summed E-state index contributed by atoms with van der Waals surface area (Å²) in [6, 6.07) is 4.98. The van der Waals surface area contributed by atoms with Crippen LogP contribution < -0.4 is 0 Å². The van der Waals surface area contributed by atoms with E-state index in [0.717, 1.165) is 8.04 Å². The fraction of sp³-hybridized carbons (Fsp3) is 0. The number of carboxylic acid groups (broad SMARTS) is 1. The Labute approximate surface area is 114 Å². The Morgan fingerprint density at radius 3 is 2.81 bits per heavy atom. The zero-order valence-electron chi connectivity index (χ0n) is 7.89. The Kier molecular flexibility index (Phi) is 3.29. The Morgan fingerprint density at radius 1 is 1.50 bits per heavy atom. The van der Waals surface area contributed by atoms with Gasteiger partial charge in [-0.2, -0.15) is 5.10 Å². The first-order chi connectivity index (χ1) is 7.58. The highest BCUT2D eigenvalue weighted by Gasteiger charge is 2.12. The summed E-state index contributed by atoms with van der Waals surface area (Å²) in [6.45, 7) is 0. The second kappa shape index (κ2) is 4.54. The van der Waals surface area contributed by atoms with Crippen LogP contribution in [0.4, 0.5) is 0 Å². The van der Waals surface area contributed by atoms with Crippen molar-refractivity contribution in [3.05, 3.63) is 44.2 Å². The van der Waals surface area contributed by atoms with Gasteiger partial charge in [0.2, 0.25) is 0 Å². The van der Waals surface area contributed by atoms with Gasteiger partial charge in [0.1, 0.15) is 0 Å². The number of halogens is 2. The first-order valence-corrected chi connectivity index (χ1v) is 6.18. The highest BCUT2D eigenvalue weighted by molar-refractivity contribution is 14.1. The highest BCUT2D eigenvalue weighted by atomic mass is 127. The number of benzene rings is 1. The zero-order valence-corrected chi connectivity index (χ0v) is 11.6. The number of aromatic nitrogens is 2. The maximum Gasteiger partial charge on any atom is 0.337 e. The molecule has 0 saturated heterocycles. The Balaban J connectivity index is 2.62. The SMILES string of the molecule is O=C(O)c1ccc(Br)cc1-n1cc(I)cn1. The molecule has 0 bridgehead atoms. The Bertz CT molecular complexity index is 554. The second-order valence-electron chi connectivity index (χ2n) is 3.07. The predicted octanol–water partition coefficient (Wildman–Crippen LogP) is 2.94. The summed E-state index contributed by atoms with van der Waals surface area (Å²) in [5.41, 5.74) is 0.771. The van der Waals surface area contributed by atoms with Crippen LogP contribution in [0.5, 0.6) is 0 Å². The number of aromatic carboxylic acids is 1. The van der Waals surface area contributed by atoms with Crippen molar-refractivity contribution < 1.29 is 9.90 Å². The summed E-state index contributed by atoms with van der Waals surface area (Å²) in [7, 11) is 0. The maximum absolute atomic E-state index is 11.1. The average molecular weight is 393 g/mol. The van der Waals surface area contributed by atoms with Crippen LogP contribution >= 0.6 is 38.5 Å². The van der Waals surface area contributed by atoms with Crippen LogP contribution in [-0.2, 0) is 0 Å². The van der Waals surface area contributed by atoms with E-state index in [4.69, 9.17) is 5.11 Å². The largest absolute Gasteiger partial charge is 0.478 e. The van der Waals surface area contributed by atoms with E-state index in [1.165, 1.54) is 0 Å². The number of hydrogen-bond acceptors (Lipinski definition) is 2. The molecule has 6 heteroatoms. The maximum atomic E-state index is 11.1. The van der Waals surface area contributed by atoms with Gasteiger partial charge in [0.25, 0.3) is 0 Å². The normalized spacial score (nSPS) is 10.4. The molecular formula is C10H6BrIN2O2.